The summed E-state index contributed by atoms with van der Waals surface area (Å²) in [5, 5.41) is 30.2. The number of nitrogens with one attached hydrogen (secondary N) is 3. The van der Waals surface area contributed by atoms with Crippen molar-refractivity contribution in [2.45, 2.75) is 13.0 Å². The van der Waals surface area contributed by atoms with E-state index >= 15 is 0 Å². The molecule has 0 aromatic carbocycles. The summed E-state index contributed by atoms with van der Waals surface area (Å²) in [7, 11) is 0. The summed E-state index contributed by atoms with van der Waals surface area (Å²) in [6, 6.07) is -1.13. The molecular weight excluding hydrogens is 174 g/mol. The summed E-state index contributed by atoms with van der Waals surface area (Å²) in [5.74, 6) is -0.0715. The van der Waals surface area contributed by atoms with Crippen LogP contribution in [0.25, 0.3) is 0 Å². The average molecular weight is 187 g/mol. The van der Waals surface area contributed by atoms with Crippen LogP contribution in [0.5, 0.6) is 0 Å². The monoisotopic (exact) mass is 187 g/mol. The summed E-state index contributed by atoms with van der Waals surface area (Å²) in [6.45, 7) is 1.000. The third-order valence-corrected chi connectivity index (χ3v) is 2.40. The Morgan fingerprint density at radius 2 is 2.23 bits per heavy atom. The molecule has 1 aliphatic heterocycles. The van der Waals surface area contributed by atoms with Crippen molar-refractivity contribution in [2.75, 3.05) is 13.2 Å². The highest BCUT2D eigenvalue weighted by Gasteiger charge is 2.43. The van der Waals surface area contributed by atoms with Gasteiger partial charge in [-0.05, 0) is 6.92 Å². The van der Waals surface area contributed by atoms with Crippen molar-refractivity contribution in [3.63, 3.8) is 0 Å². The van der Waals surface area contributed by atoms with Crippen molar-refractivity contribution >= 4 is 11.9 Å². The molecule has 2 unspecified atom stereocenters. The zero-order valence-corrected chi connectivity index (χ0v) is 7.29. The number of amidine groups is 1. The molecule has 0 aromatic heterocycles. The minimum absolute atomic E-state index is 0.0715. The number of aliphatic hydroxyl groups is 2. The van der Waals surface area contributed by atoms with E-state index in [-0.39, 0.29) is 19.0 Å². The van der Waals surface area contributed by atoms with Crippen molar-refractivity contribution < 1.29 is 15.0 Å². The Hall–Kier alpha value is -1.14. The molecule has 0 aliphatic carbocycles. The van der Waals surface area contributed by atoms with Gasteiger partial charge in [0.2, 0.25) is 0 Å². The fraction of sp³-hybridized carbons (Fsp3) is 0.714. The van der Waals surface area contributed by atoms with Crippen molar-refractivity contribution in [1.82, 2.24) is 10.6 Å². The maximum atomic E-state index is 10.9. The van der Waals surface area contributed by atoms with Gasteiger partial charge in [-0.15, -0.1) is 0 Å². The van der Waals surface area contributed by atoms with Gasteiger partial charge in [-0.3, -0.25) is 10.7 Å². The molecule has 1 rings (SSSR count). The van der Waals surface area contributed by atoms with Gasteiger partial charge in [-0.1, -0.05) is 0 Å². The van der Waals surface area contributed by atoms with Crippen LogP contribution in [0.2, 0.25) is 0 Å². The number of hydrogen-bond donors (Lipinski definition) is 5. The Morgan fingerprint density at radius 1 is 1.62 bits per heavy atom. The maximum Gasteiger partial charge on any atom is 0.320 e. The van der Waals surface area contributed by atoms with Crippen LogP contribution in [0.4, 0.5) is 4.79 Å². The second-order valence-corrected chi connectivity index (χ2v) is 3.28. The number of amides is 2. The molecule has 1 heterocycles. The molecule has 0 saturated carbocycles. The quantitative estimate of drug-likeness (QED) is 0.368. The second-order valence-electron chi connectivity index (χ2n) is 3.28. The molecule has 2 atom stereocenters. The average Bonchev–Trinajstić information content (AvgIpc) is 2.11. The molecule has 5 N–H and O–H groups in total. The largest absolute Gasteiger partial charge is 0.395 e. The number of carbonyl (C=O) groups is 1. The summed E-state index contributed by atoms with van der Waals surface area (Å²) in [5.41, 5.74) is -0.928. The van der Waals surface area contributed by atoms with E-state index in [2.05, 4.69) is 10.6 Å². The Balaban J connectivity index is 2.90. The summed E-state index contributed by atoms with van der Waals surface area (Å²) in [6.07, 6.45) is 0. The van der Waals surface area contributed by atoms with Crippen LogP contribution in [-0.4, -0.2) is 41.3 Å². The Bertz CT molecular complexity index is 243. The number of carbonyl (C=O) groups excluding carboxylic acids is 1. The molecular formula is C7H13N3O3. The Morgan fingerprint density at radius 3 is 2.69 bits per heavy atom. The number of hydrogen-bond acceptors (Lipinski definition) is 4. The van der Waals surface area contributed by atoms with Crippen molar-refractivity contribution in [2.24, 2.45) is 5.41 Å². The SMILES string of the molecule is CC1(CO)C(=N)NC(=O)NC1CO. The summed E-state index contributed by atoms with van der Waals surface area (Å²) >= 11 is 0. The number of aliphatic hydroxyl groups excluding tert-OH is 2. The van der Waals surface area contributed by atoms with Gasteiger partial charge < -0.3 is 15.5 Å². The molecule has 0 aromatic rings. The highest BCUT2D eigenvalue weighted by molar-refractivity contribution is 6.02. The lowest BCUT2D eigenvalue weighted by molar-refractivity contribution is 0.108. The summed E-state index contributed by atoms with van der Waals surface area (Å²) in [4.78, 5) is 10.9. The van der Waals surface area contributed by atoms with E-state index < -0.39 is 17.5 Å². The lowest BCUT2D eigenvalue weighted by atomic mass is 9.80. The molecule has 0 bridgehead atoms. The summed E-state index contributed by atoms with van der Waals surface area (Å²) < 4.78 is 0. The minimum atomic E-state index is -0.928. The van der Waals surface area contributed by atoms with Crippen LogP contribution in [-0.2, 0) is 0 Å². The van der Waals surface area contributed by atoms with E-state index in [1.165, 1.54) is 0 Å². The second kappa shape index (κ2) is 3.31. The van der Waals surface area contributed by atoms with Gasteiger partial charge in [-0.25, -0.2) is 4.79 Å². The van der Waals surface area contributed by atoms with Gasteiger partial charge in [0.1, 0.15) is 5.84 Å². The van der Waals surface area contributed by atoms with Gasteiger partial charge in [0, 0.05) is 0 Å². The minimum Gasteiger partial charge on any atom is -0.395 e. The fourth-order valence-electron chi connectivity index (χ4n) is 1.22. The first kappa shape index (κ1) is 9.94. The Kier molecular flexibility index (Phi) is 2.53. The molecule has 2 amide bonds. The zero-order valence-electron chi connectivity index (χ0n) is 7.29. The highest BCUT2D eigenvalue weighted by Crippen LogP contribution is 2.23. The Labute approximate surface area is 75.5 Å². The van der Waals surface area contributed by atoms with Crippen LogP contribution in [0.3, 0.4) is 0 Å². The molecule has 13 heavy (non-hydrogen) atoms. The maximum absolute atomic E-state index is 10.9. The zero-order chi connectivity index (χ0) is 10.1. The molecule has 6 heteroatoms. The van der Waals surface area contributed by atoms with E-state index in [0.717, 1.165) is 0 Å². The van der Waals surface area contributed by atoms with Crippen LogP contribution in [0.15, 0.2) is 0 Å². The van der Waals surface area contributed by atoms with Gasteiger partial charge >= 0.3 is 6.03 Å². The van der Waals surface area contributed by atoms with Crippen LogP contribution in [0, 0.1) is 10.8 Å². The molecule has 1 fully saturated rings. The first-order chi connectivity index (χ1) is 6.04. The van der Waals surface area contributed by atoms with E-state index in [4.69, 9.17) is 15.6 Å². The van der Waals surface area contributed by atoms with Crippen LogP contribution in [0.1, 0.15) is 6.92 Å². The predicted octanol–water partition coefficient (Wildman–Crippen LogP) is -1.36. The van der Waals surface area contributed by atoms with Gasteiger partial charge in [-0.2, -0.15) is 0 Å². The van der Waals surface area contributed by atoms with Crippen LogP contribution >= 0.6 is 0 Å². The molecule has 1 saturated heterocycles. The predicted molar refractivity (Wildman–Crippen MR) is 45.5 cm³/mol. The number of urea groups is 1. The fourth-order valence-corrected chi connectivity index (χ4v) is 1.22. The van der Waals surface area contributed by atoms with Gasteiger partial charge in [0.15, 0.2) is 0 Å². The normalized spacial score (nSPS) is 33.9. The van der Waals surface area contributed by atoms with Crippen LogP contribution < -0.4 is 10.6 Å². The lowest BCUT2D eigenvalue weighted by Gasteiger charge is -2.39. The van der Waals surface area contributed by atoms with Crippen molar-refractivity contribution in [3.05, 3.63) is 0 Å². The molecule has 1 aliphatic rings. The first-order valence-electron chi connectivity index (χ1n) is 3.93. The molecule has 6 nitrogen and oxygen atoms in total. The van der Waals surface area contributed by atoms with Gasteiger partial charge in [0.05, 0.1) is 24.7 Å². The van der Waals surface area contributed by atoms with E-state index in [1.807, 2.05) is 0 Å². The van der Waals surface area contributed by atoms with E-state index in [9.17, 15) is 4.79 Å². The molecule has 0 radical (unpaired) electrons. The third-order valence-electron chi connectivity index (χ3n) is 2.40. The highest BCUT2D eigenvalue weighted by atomic mass is 16.3. The third kappa shape index (κ3) is 1.50. The topological polar surface area (TPSA) is 105 Å². The first-order valence-corrected chi connectivity index (χ1v) is 3.93. The van der Waals surface area contributed by atoms with Crippen molar-refractivity contribution in [1.29, 1.82) is 5.41 Å². The van der Waals surface area contributed by atoms with Gasteiger partial charge in [0.25, 0.3) is 0 Å². The molecule has 0 spiro atoms. The number of rotatable bonds is 2. The van der Waals surface area contributed by atoms with E-state index in [0.29, 0.717) is 0 Å². The smallest absolute Gasteiger partial charge is 0.320 e. The van der Waals surface area contributed by atoms with E-state index in [1.54, 1.807) is 6.92 Å². The lowest BCUT2D eigenvalue weighted by Crippen LogP contribution is -2.65. The molecule has 74 valence electrons. The van der Waals surface area contributed by atoms with Crippen molar-refractivity contribution in [3.8, 4) is 0 Å². The standard InChI is InChI=1S/C7H13N3O3/c1-7(3-12)4(2-11)9-6(13)10-5(7)8/h4,11-12H,2-3H2,1H3,(H3,8,9,10,13).